The van der Waals surface area contributed by atoms with E-state index < -0.39 is 0 Å². The van der Waals surface area contributed by atoms with E-state index in [9.17, 15) is 0 Å². The molecule has 0 spiro atoms. The molecule has 0 aliphatic heterocycles. The highest BCUT2D eigenvalue weighted by atomic mass is 32.1. The molecule has 1 saturated carbocycles. The van der Waals surface area contributed by atoms with Crippen molar-refractivity contribution in [1.29, 1.82) is 0 Å². The summed E-state index contributed by atoms with van der Waals surface area (Å²) in [5, 5.41) is 1.34. The second kappa shape index (κ2) is 6.02. The van der Waals surface area contributed by atoms with Crippen molar-refractivity contribution in [3.05, 3.63) is 46.2 Å². The molecular weight excluding hydrogens is 266 g/mol. The van der Waals surface area contributed by atoms with E-state index in [4.69, 9.17) is 0 Å². The maximum absolute atomic E-state index is 4.60. The van der Waals surface area contributed by atoms with Crippen molar-refractivity contribution >= 4 is 11.3 Å². The fraction of sp³-hybridized carbons (Fsp3) is 0.500. The number of hydrogen-bond donors (Lipinski definition) is 0. The number of nitrogens with zero attached hydrogens (tertiary/aromatic N) is 3. The van der Waals surface area contributed by atoms with Gasteiger partial charge in [-0.2, -0.15) is 0 Å². The molecule has 4 heteroatoms. The summed E-state index contributed by atoms with van der Waals surface area (Å²) in [7, 11) is 2.17. The zero-order chi connectivity index (χ0) is 13.9. The summed E-state index contributed by atoms with van der Waals surface area (Å²) in [6, 6.07) is 4.51. The van der Waals surface area contributed by atoms with Crippen molar-refractivity contribution in [2.45, 2.75) is 44.7 Å². The third kappa shape index (κ3) is 2.91. The maximum atomic E-state index is 4.60. The summed E-state index contributed by atoms with van der Waals surface area (Å²) < 4.78 is 0. The van der Waals surface area contributed by atoms with Crippen molar-refractivity contribution in [2.75, 3.05) is 7.05 Å². The summed E-state index contributed by atoms with van der Waals surface area (Å²) in [5.41, 5.74) is 1.26. The highest BCUT2D eigenvalue weighted by molar-refractivity contribution is 7.11. The second-order valence-electron chi connectivity index (χ2n) is 5.67. The van der Waals surface area contributed by atoms with Gasteiger partial charge in [0.05, 0.1) is 5.01 Å². The van der Waals surface area contributed by atoms with E-state index in [1.54, 1.807) is 0 Å². The molecule has 106 valence electrons. The number of aromatic nitrogens is 2. The molecule has 0 radical (unpaired) electrons. The molecule has 1 aliphatic carbocycles. The van der Waals surface area contributed by atoms with Gasteiger partial charge in [0.25, 0.3) is 0 Å². The molecule has 0 amide bonds. The van der Waals surface area contributed by atoms with Gasteiger partial charge in [0.2, 0.25) is 0 Å². The Morgan fingerprint density at radius 2 is 2.25 bits per heavy atom. The Morgan fingerprint density at radius 3 is 2.90 bits per heavy atom. The fourth-order valence-corrected chi connectivity index (χ4v) is 3.65. The first-order chi connectivity index (χ1) is 9.74. The van der Waals surface area contributed by atoms with E-state index in [0.29, 0.717) is 6.04 Å². The smallest absolute Gasteiger partial charge is 0.0959 e. The lowest BCUT2D eigenvalue weighted by atomic mass is 9.86. The van der Waals surface area contributed by atoms with E-state index in [1.807, 2.05) is 29.8 Å². The lowest BCUT2D eigenvalue weighted by Gasteiger charge is -2.24. The predicted molar refractivity (Wildman–Crippen MR) is 82.8 cm³/mol. The predicted octanol–water partition coefficient (Wildman–Crippen LogP) is 4.00. The quantitative estimate of drug-likeness (QED) is 0.832. The summed E-state index contributed by atoms with van der Waals surface area (Å²) in [5.74, 6) is 0.745. The minimum atomic E-state index is 0.373. The first-order valence-corrected chi connectivity index (χ1v) is 8.10. The minimum Gasteiger partial charge on any atom is -0.294 e. The van der Waals surface area contributed by atoms with E-state index in [2.05, 4.69) is 41.1 Å². The van der Waals surface area contributed by atoms with Crippen molar-refractivity contribution in [3.63, 3.8) is 0 Å². The topological polar surface area (TPSA) is 29.0 Å². The molecule has 2 heterocycles. The average molecular weight is 287 g/mol. The van der Waals surface area contributed by atoms with Crippen LogP contribution >= 0.6 is 11.3 Å². The Balaban J connectivity index is 1.63. The monoisotopic (exact) mass is 287 g/mol. The number of pyridine rings is 1. The van der Waals surface area contributed by atoms with Gasteiger partial charge < -0.3 is 0 Å². The lowest BCUT2D eigenvalue weighted by Crippen LogP contribution is -2.21. The second-order valence-corrected chi connectivity index (χ2v) is 6.82. The van der Waals surface area contributed by atoms with Gasteiger partial charge in [0, 0.05) is 42.0 Å². The molecule has 1 atom stereocenters. The summed E-state index contributed by atoms with van der Waals surface area (Å²) >= 11 is 1.89. The van der Waals surface area contributed by atoms with Crippen molar-refractivity contribution < 1.29 is 0 Å². The molecule has 1 fully saturated rings. The SMILES string of the molecule is CC(c1cccnc1)N(C)Cc1cnc(C2CCC2)s1. The van der Waals surface area contributed by atoms with Crippen LogP contribution in [0.1, 0.15) is 53.6 Å². The molecule has 0 aromatic carbocycles. The van der Waals surface area contributed by atoms with Gasteiger partial charge in [-0.3, -0.25) is 9.88 Å². The molecule has 0 bridgehead atoms. The molecule has 2 aromatic rings. The average Bonchev–Trinajstić information content (AvgIpc) is 2.85. The molecule has 3 rings (SSSR count). The first-order valence-electron chi connectivity index (χ1n) is 7.29. The Kier molecular flexibility index (Phi) is 4.13. The van der Waals surface area contributed by atoms with Crippen LogP contribution < -0.4 is 0 Å². The molecule has 1 unspecified atom stereocenters. The van der Waals surface area contributed by atoms with Crippen molar-refractivity contribution in [2.24, 2.45) is 0 Å². The zero-order valence-electron chi connectivity index (χ0n) is 12.1. The zero-order valence-corrected chi connectivity index (χ0v) is 12.9. The van der Waals surface area contributed by atoms with Crippen LogP contribution in [-0.4, -0.2) is 21.9 Å². The molecule has 0 saturated heterocycles. The third-order valence-electron chi connectivity index (χ3n) is 4.26. The van der Waals surface area contributed by atoms with Gasteiger partial charge in [0.1, 0.15) is 0 Å². The fourth-order valence-electron chi connectivity index (χ4n) is 2.50. The van der Waals surface area contributed by atoms with Crippen LogP contribution in [0.15, 0.2) is 30.7 Å². The van der Waals surface area contributed by atoms with E-state index in [0.717, 1.165) is 12.5 Å². The Morgan fingerprint density at radius 1 is 1.40 bits per heavy atom. The highest BCUT2D eigenvalue weighted by Gasteiger charge is 2.23. The minimum absolute atomic E-state index is 0.373. The van der Waals surface area contributed by atoms with Crippen molar-refractivity contribution in [1.82, 2.24) is 14.9 Å². The number of hydrogen-bond acceptors (Lipinski definition) is 4. The Hall–Kier alpha value is -1.26. The van der Waals surface area contributed by atoms with Crippen LogP contribution in [0, 0.1) is 0 Å². The Labute approximate surface area is 124 Å². The van der Waals surface area contributed by atoms with Gasteiger partial charge >= 0.3 is 0 Å². The van der Waals surface area contributed by atoms with Crippen molar-refractivity contribution in [3.8, 4) is 0 Å². The number of rotatable bonds is 5. The van der Waals surface area contributed by atoms with E-state index in [-0.39, 0.29) is 0 Å². The summed E-state index contributed by atoms with van der Waals surface area (Å²) in [6.45, 7) is 3.19. The van der Waals surface area contributed by atoms with Crippen LogP contribution in [0.3, 0.4) is 0 Å². The maximum Gasteiger partial charge on any atom is 0.0959 e. The van der Waals surface area contributed by atoms with Crippen LogP contribution in [0.4, 0.5) is 0 Å². The summed E-state index contributed by atoms with van der Waals surface area (Å²) in [6.07, 6.45) is 9.87. The molecular formula is C16H21N3S. The standard InChI is InChI=1S/C16H21N3S/c1-12(14-7-4-8-17-9-14)19(2)11-15-10-18-16(20-15)13-5-3-6-13/h4,7-10,12-13H,3,5-6,11H2,1-2H3. The molecule has 3 nitrogen and oxygen atoms in total. The van der Waals surface area contributed by atoms with Crippen LogP contribution in [0.2, 0.25) is 0 Å². The van der Waals surface area contributed by atoms with Gasteiger partial charge in [-0.05, 0) is 38.4 Å². The van der Waals surface area contributed by atoms with Gasteiger partial charge in [0.15, 0.2) is 0 Å². The molecule has 20 heavy (non-hydrogen) atoms. The van der Waals surface area contributed by atoms with Gasteiger partial charge in [-0.15, -0.1) is 11.3 Å². The van der Waals surface area contributed by atoms with Crippen LogP contribution in [-0.2, 0) is 6.54 Å². The lowest BCUT2D eigenvalue weighted by molar-refractivity contribution is 0.255. The Bertz CT molecular complexity index is 548. The third-order valence-corrected chi connectivity index (χ3v) is 5.40. The van der Waals surface area contributed by atoms with E-state index in [1.165, 1.54) is 34.7 Å². The van der Waals surface area contributed by atoms with Gasteiger partial charge in [-0.1, -0.05) is 12.5 Å². The largest absolute Gasteiger partial charge is 0.294 e. The molecule has 0 N–H and O–H groups in total. The van der Waals surface area contributed by atoms with Crippen LogP contribution in [0.25, 0.3) is 0 Å². The van der Waals surface area contributed by atoms with E-state index >= 15 is 0 Å². The highest BCUT2D eigenvalue weighted by Crippen LogP contribution is 2.38. The first kappa shape index (κ1) is 13.7. The normalized spacial score (nSPS) is 17.1. The van der Waals surface area contributed by atoms with Gasteiger partial charge in [-0.25, -0.2) is 4.98 Å². The number of thiazole rings is 1. The molecule has 1 aliphatic rings. The summed E-state index contributed by atoms with van der Waals surface area (Å²) in [4.78, 5) is 12.5. The molecule has 2 aromatic heterocycles. The van der Waals surface area contributed by atoms with Crippen LogP contribution in [0.5, 0.6) is 0 Å².